The molecule has 2 aliphatic rings. The van der Waals surface area contributed by atoms with Crippen LogP contribution in [0.25, 0.3) is 11.3 Å². The van der Waals surface area contributed by atoms with Crippen molar-refractivity contribution in [2.24, 2.45) is 0 Å². The highest BCUT2D eigenvalue weighted by atomic mass is 32.2. The van der Waals surface area contributed by atoms with Crippen molar-refractivity contribution < 1.29 is 23.9 Å². The molecule has 47 heavy (non-hydrogen) atoms. The second-order valence-corrected chi connectivity index (χ2v) is 14.8. The number of hydrogen-bond acceptors (Lipinski definition) is 10. The molecule has 6 rings (SSSR count). The normalized spacial score (nSPS) is 17.8. The molecule has 2 aromatic carbocycles. The largest absolute Gasteiger partial charge is 0.448 e. The van der Waals surface area contributed by atoms with Gasteiger partial charge in [-0.15, -0.1) is 23.1 Å². The first-order valence-corrected chi connectivity index (χ1v) is 17.7. The topological polar surface area (TPSA) is 111 Å². The summed E-state index contributed by atoms with van der Waals surface area (Å²) in [5, 5.41) is 6.05. The van der Waals surface area contributed by atoms with Crippen LogP contribution in [0.5, 0.6) is 0 Å². The van der Waals surface area contributed by atoms with Crippen LogP contribution in [0.2, 0.25) is 0 Å². The van der Waals surface area contributed by atoms with Crippen molar-refractivity contribution in [1.82, 2.24) is 20.2 Å². The number of carbonyl (C=O) groups is 3. The molecule has 1 fully saturated rings. The van der Waals surface area contributed by atoms with Gasteiger partial charge in [0.2, 0.25) is 0 Å². The van der Waals surface area contributed by atoms with Gasteiger partial charge in [0.1, 0.15) is 22.7 Å². The van der Waals surface area contributed by atoms with Crippen LogP contribution in [0, 0.1) is 0 Å². The fourth-order valence-corrected chi connectivity index (χ4v) is 7.99. The summed E-state index contributed by atoms with van der Waals surface area (Å²) in [6, 6.07) is 22.0. The molecule has 4 heterocycles. The average molecular weight is 685 g/mol. The second kappa shape index (κ2) is 14.2. The number of allylic oxidation sites excluding steroid dienone is 1. The van der Waals surface area contributed by atoms with E-state index in [9.17, 15) is 14.4 Å². The number of amides is 2. The number of pyridine rings is 1. The van der Waals surface area contributed by atoms with E-state index in [1.165, 1.54) is 39.8 Å². The summed E-state index contributed by atoms with van der Waals surface area (Å²) < 4.78 is 12.4. The van der Waals surface area contributed by atoms with Crippen molar-refractivity contribution >= 4 is 52.8 Å². The van der Waals surface area contributed by atoms with Crippen LogP contribution in [-0.4, -0.2) is 55.6 Å². The molecule has 0 saturated carbocycles. The Labute approximate surface area is 285 Å². The molecule has 0 unspecified atom stereocenters. The van der Waals surface area contributed by atoms with Crippen molar-refractivity contribution in [2.75, 3.05) is 5.75 Å². The van der Waals surface area contributed by atoms with Crippen LogP contribution in [0.1, 0.15) is 38.0 Å². The minimum absolute atomic E-state index is 0.159. The molecule has 0 radical (unpaired) electrons. The van der Waals surface area contributed by atoms with Crippen molar-refractivity contribution in [2.45, 2.75) is 48.2 Å². The Morgan fingerprint density at radius 1 is 1.02 bits per heavy atom. The Bertz CT molecular complexity index is 1770. The maximum atomic E-state index is 14.2. The van der Waals surface area contributed by atoms with Gasteiger partial charge in [-0.1, -0.05) is 72.4 Å². The molecule has 1 saturated heterocycles. The summed E-state index contributed by atoms with van der Waals surface area (Å²) in [7, 11) is 0. The van der Waals surface area contributed by atoms with Gasteiger partial charge in [0.25, 0.3) is 5.91 Å². The average Bonchev–Trinajstić information content (AvgIpc) is 3.55. The number of nitrogens with one attached hydrogen (secondary N) is 1. The molecule has 9 nitrogen and oxygen atoms in total. The van der Waals surface area contributed by atoms with Crippen LogP contribution >= 0.6 is 34.9 Å². The van der Waals surface area contributed by atoms with E-state index in [1.54, 1.807) is 33.2 Å². The molecule has 0 spiro atoms. The summed E-state index contributed by atoms with van der Waals surface area (Å²) in [5.74, 6) is -0.614. The number of carbonyl (C=O) groups excluding carboxylic acids is 3. The Morgan fingerprint density at radius 2 is 1.68 bits per heavy atom. The number of fused-ring (bicyclic) bond motifs is 1. The third kappa shape index (κ3) is 7.61. The smallest absolute Gasteiger partial charge is 0.408 e. The van der Waals surface area contributed by atoms with Crippen molar-refractivity contribution in [3.8, 4) is 11.3 Å². The van der Waals surface area contributed by atoms with Gasteiger partial charge in [-0.05, 0) is 61.1 Å². The lowest BCUT2D eigenvalue weighted by Crippen LogP contribution is -2.70. The van der Waals surface area contributed by atoms with E-state index in [1.807, 2.05) is 89.7 Å². The number of nitrogens with zero attached hydrogens (tertiary/aromatic N) is 3. The van der Waals surface area contributed by atoms with Gasteiger partial charge in [-0.25, -0.2) is 14.6 Å². The fraction of sp³-hybridized carbons (Fsp3) is 0.229. The molecule has 2 aliphatic heterocycles. The first kappa shape index (κ1) is 32.5. The number of thiazole rings is 1. The van der Waals surface area contributed by atoms with E-state index < -0.39 is 41.1 Å². The SMILES string of the molecule is CC(C)(C)OC(=O)N[C@@H]1C(=O)N2C(C(=O)OC(c3ccccc3)c3ccccc3)=C(/C=C/Sc3nc(-c4ccncc4)cs3)CS[C@H]12. The summed E-state index contributed by atoms with van der Waals surface area (Å²) in [6.07, 6.45) is 3.91. The van der Waals surface area contributed by atoms with E-state index in [-0.39, 0.29) is 5.70 Å². The highest BCUT2D eigenvalue weighted by Crippen LogP contribution is 2.42. The van der Waals surface area contributed by atoms with Gasteiger partial charge < -0.3 is 14.8 Å². The number of thioether (sulfide) groups is 2. The maximum Gasteiger partial charge on any atom is 0.408 e. The predicted octanol–water partition coefficient (Wildman–Crippen LogP) is 7.21. The van der Waals surface area contributed by atoms with Crippen molar-refractivity contribution in [1.29, 1.82) is 0 Å². The van der Waals surface area contributed by atoms with Gasteiger partial charge in [0.15, 0.2) is 10.4 Å². The molecular formula is C35H32N4O5S3. The Morgan fingerprint density at radius 3 is 2.32 bits per heavy atom. The minimum Gasteiger partial charge on any atom is -0.448 e. The zero-order valence-corrected chi connectivity index (χ0v) is 28.3. The summed E-state index contributed by atoms with van der Waals surface area (Å²) >= 11 is 4.40. The van der Waals surface area contributed by atoms with Crippen LogP contribution in [-0.2, 0) is 19.1 Å². The Balaban J connectivity index is 1.28. The third-order valence-electron chi connectivity index (χ3n) is 7.19. The summed E-state index contributed by atoms with van der Waals surface area (Å²) in [5.41, 5.74) is 3.51. The van der Waals surface area contributed by atoms with Crippen LogP contribution in [0.3, 0.4) is 0 Å². The van der Waals surface area contributed by atoms with E-state index in [0.29, 0.717) is 11.3 Å². The molecule has 2 amide bonds. The van der Waals surface area contributed by atoms with Crippen molar-refractivity contribution in [3.05, 3.63) is 124 Å². The van der Waals surface area contributed by atoms with Crippen LogP contribution < -0.4 is 5.32 Å². The highest BCUT2D eigenvalue weighted by Gasteiger charge is 2.54. The summed E-state index contributed by atoms with van der Waals surface area (Å²) in [4.78, 5) is 50.5. The molecule has 240 valence electrons. The third-order valence-corrected chi connectivity index (χ3v) is 10.3. The van der Waals surface area contributed by atoms with Crippen LogP contribution in [0.4, 0.5) is 4.79 Å². The first-order valence-electron chi connectivity index (χ1n) is 14.9. The predicted molar refractivity (Wildman–Crippen MR) is 184 cm³/mol. The molecule has 2 aromatic heterocycles. The van der Waals surface area contributed by atoms with Crippen LogP contribution in [0.15, 0.2) is 118 Å². The Hall–Kier alpha value is -4.39. The molecule has 0 aliphatic carbocycles. The van der Waals surface area contributed by atoms with E-state index in [0.717, 1.165) is 26.7 Å². The number of alkyl carbamates (subject to hydrolysis) is 1. The minimum atomic E-state index is -0.835. The van der Waals surface area contributed by atoms with E-state index in [2.05, 4.69) is 10.3 Å². The zero-order valence-electron chi connectivity index (χ0n) is 25.9. The zero-order chi connectivity index (χ0) is 33.0. The van der Waals surface area contributed by atoms with Gasteiger partial charge in [0, 0.05) is 29.1 Å². The van der Waals surface area contributed by atoms with Crippen molar-refractivity contribution in [3.63, 3.8) is 0 Å². The quantitative estimate of drug-likeness (QED) is 0.111. The van der Waals surface area contributed by atoms with E-state index in [4.69, 9.17) is 14.5 Å². The van der Waals surface area contributed by atoms with Gasteiger partial charge in [-0.2, -0.15) is 0 Å². The number of ether oxygens (including phenoxy) is 2. The number of rotatable bonds is 9. The molecule has 12 heteroatoms. The molecule has 4 aromatic rings. The molecule has 0 bridgehead atoms. The summed E-state index contributed by atoms with van der Waals surface area (Å²) in [6.45, 7) is 5.27. The van der Waals surface area contributed by atoms with Gasteiger partial charge in [0.05, 0.1) is 5.69 Å². The monoisotopic (exact) mass is 684 g/mol. The number of benzene rings is 2. The molecule has 1 N–H and O–H groups in total. The lowest BCUT2D eigenvalue weighted by Gasteiger charge is -2.49. The number of β-lactam (4-membered cyclic amide) rings is 1. The van der Waals surface area contributed by atoms with Gasteiger partial charge in [-0.3, -0.25) is 14.7 Å². The number of esters is 1. The van der Waals surface area contributed by atoms with E-state index >= 15 is 0 Å². The fourth-order valence-electron chi connectivity index (χ4n) is 5.08. The number of aromatic nitrogens is 2. The first-order chi connectivity index (χ1) is 22.7. The Kier molecular flexibility index (Phi) is 9.81. The standard InChI is InChI=1S/C35H32N4O5S3/c1-35(2,3)44-33(42)38-27-30(40)39-28(32(41)43-29(23-10-6-4-7-11-23)24-12-8-5-9-13-24)25(20-46-31(27)39)16-19-45-34-37-26(21-47-34)22-14-17-36-18-15-22/h4-19,21,27,29,31H,20H2,1-3H3,(H,38,42)/b19-16+/t27-,31-/m1/s1. The highest BCUT2D eigenvalue weighted by molar-refractivity contribution is 8.03. The maximum absolute atomic E-state index is 14.2. The molecule has 2 atom stereocenters. The number of hydrogen-bond donors (Lipinski definition) is 1. The van der Waals surface area contributed by atoms with Gasteiger partial charge >= 0.3 is 12.1 Å². The lowest BCUT2D eigenvalue weighted by atomic mass is 10.0. The lowest BCUT2D eigenvalue weighted by molar-refractivity contribution is -0.153. The second-order valence-electron chi connectivity index (χ2n) is 11.7. The molecular weight excluding hydrogens is 653 g/mol.